The highest BCUT2D eigenvalue weighted by molar-refractivity contribution is 4.91. The minimum atomic E-state index is -1.03. The molecular weight excluding hydrogens is 356 g/mol. The fraction of sp³-hybridized carbons (Fsp3) is 0.913. The van der Waals surface area contributed by atoms with Gasteiger partial charge in [0.15, 0.2) is 6.10 Å². The lowest BCUT2D eigenvalue weighted by atomic mass is 10.0. The molecule has 3 N–H and O–H groups in total. The zero-order valence-electron chi connectivity index (χ0n) is 17.9. The number of unbranched alkanes of at least 4 members (excludes halogenated alkanes) is 13. The van der Waals surface area contributed by atoms with Gasteiger partial charge in [-0.1, -0.05) is 84.0 Å². The largest absolute Gasteiger partial charge is 0.493 e. The monoisotopic (exact) mass is 400 g/mol. The van der Waals surface area contributed by atoms with E-state index in [1.165, 1.54) is 77.0 Å². The molecule has 0 aromatic rings. The molecule has 0 spiro atoms. The molecule has 5 nitrogen and oxygen atoms in total. The first kappa shape index (κ1) is 25.4. The quantitative estimate of drug-likeness (QED) is 0.233. The van der Waals surface area contributed by atoms with Gasteiger partial charge >= 0.3 is 0 Å². The first-order valence-corrected chi connectivity index (χ1v) is 11.6. The van der Waals surface area contributed by atoms with Crippen LogP contribution >= 0.6 is 0 Å². The number of hydrogen-bond donors (Lipinski definition) is 3. The molecule has 1 saturated heterocycles. The summed E-state index contributed by atoms with van der Waals surface area (Å²) in [4.78, 5) is 0. The predicted molar refractivity (Wildman–Crippen MR) is 113 cm³/mol. The van der Waals surface area contributed by atoms with Crippen LogP contribution in [-0.4, -0.2) is 52.9 Å². The number of allylic oxidation sites excluding steroid dienone is 1. The van der Waals surface area contributed by atoms with E-state index >= 15 is 0 Å². The Morgan fingerprint density at radius 3 is 2.00 bits per heavy atom. The van der Waals surface area contributed by atoms with E-state index in [4.69, 9.17) is 14.6 Å². The van der Waals surface area contributed by atoms with Gasteiger partial charge in [-0.05, 0) is 18.9 Å². The first-order valence-electron chi connectivity index (χ1n) is 11.6. The third kappa shape index (κ3) is 11.4. The van der Waals surface area contributed by atoms with Crippen LogP contribution in [-0.2, 0) is 9.47 Å². The zero-order valence-corrected chi connectivity index (χ0v) is 17.9. The molecular formula is C23H44O5. The van der Waals surface area contributed by atoms with Gasteiger partial charge < -0.3 is 24.8 Å². The van der Waals surface area contributed by atoms with Gasteiger partial charge in [0.25, 0.3) is 0 Å². The highest BCUT2D eigenvalue weighted by Gasteiger charge is 2.41. The van der Waals surface area contributed by atoms with Gasteiger partial charge in [-0.2, -0.15) is 0 Å². The molecule has 0 aliphatic carbocycles. The Kier molecular flexibility index (Phi) is 15.7. The van der Waals surface area contributed by atoms with Crippen molar-refractivity contribution in [2.75, 3.05) is 13.2 Å². The van der Waals surface area contributed by atoms with Crippen LogP contribution in [0.5, 0.6) is 0 Å². The van der Waals surface area contributed by atoms with Crippen molar-refractivity contribution < 1.29 is 24.8 Å². The van der Waals surface area contributed by atoms with Crippen LogP contribution < -0.4 is 0 Å². The molecule has 28 heavy (non-hydrogen) atoms. The lowest BCUT2D eigenvalue weighted by Gasteiger charge is -2.22. The van der Waals surface area contributed by atoms with E-state index in [-0.39, 0.29) is 6.61 Å². The Balaban J connectivity index is 1.90. The van der Waals surface area contributed by atoms with Crippen LogP contribution in [0, 0.1) is 0 Å². The number of hydrogen-bond acceptors (Lipinski definition) is 5. The fourth-order valence-corrected chi connectivity index (χ4v) is 3.71. The van der Waals surface area contributed by atoms with Gasteiger partial charge in [-0.25, -0.2) is 0 Å². The second kappa shape index (κ2) is 17.3. The van der Waals surface area contributed by atoms with Crippen molar-refractivity contribution >= 4 is 0 Å². The van der Waals surface area contributed by atoms with Crippen LogP contribution in [0.2, 0.25) is 0 Å². The molecule has 1 aliphatic heterocycles. The van der Waals surface area contributed by atoms with E-state index in [1.807, 2.05) is 6.08 Å². The van der Waals surface area contributed by atoms with Gasteiger partial charge in [0, 0.05) is 0 Å². The molecule has 166 valence electrons. The van der Waals surface area contributed by atoms with Crippen molar-refractivity contribution in [3.63, 3.8) is 0 Å². The third-order valence-electron chi connectivity index (χ3n) is 5.54. The standard InChI is InChI=1S/C23H44O5/c1-2-3-4-5-6-7-8-9-10-11-12-13-14-15-16-17-27-23-21(26)19-28-22(23)20(25)18-24/h16-17,20-26H,2-15,18-19H2,1H3/b17-16+/t20-,21+,22+,23+/m1/s1. The van der Waals surface area contributed by atoms with E-state index in [1.54, 1.807) is 6.26 Å². The third-order valence-corrected chi connectivity index (χ3v) is 5.54. The number of aliphatic hydroxyl groups is 3. The second-order valence-corrected chi connectivity index (χ2v) is 8.12. The molecule has 0 aromatic carbocycles. The molecule has 1 rings (SSSR count). The summed E-state index contributed by atoms with van der Waals surface area (Å²) >= 11 is 0. The van der Waals surface area contributed by atoms with E-state index < -0.39 is 31.0 Å². The maximum Gasteiger partial charge on any atom is 0.154 e. The molecule has 0 amide bonds. The molecule has 0 unspecified atom stereocenters. The normalized spacial score (nSPS) is 23.5. The van der Waals surface area contributed by atoms with Crippen molar-refractivity contribution in [1.82, 2.24) is 0 Å². The van der Waals surface area contributed by atoms with Crippen LogP contribution in [0.1, 0.15) is 96.8 Å². The molecule has 4 atom stereocenters. The van der Waals surface area contributed by atoms with Gasteiger partial charge in [0.1, 0.15) is 18.3 Å². The maximum atomic E-state index is 9.85. The lowest BCUT2D eigenvalue weighted by Crippen LogP contribution is -2.41. The summed E-state index contributed by atoms with van der Waals surface area (Å²) in [5.41, 5.74) is 0. The van der Waals surface area contributed by atoms with Crippen molar-refractivity contribution in [2.24, 2.45) is 0 Å². The molecule has 0 aromatic heterocycles. The molecule has 5 heteroatoms. The molecule has 1 aliphatic rings. The van der Waals surface area contributed by atoms with Crippen LogP contribution in [0.25, 0.3) is 0 Å². The smallest absolute Gasteiger partial charge is 0.154 e. The highest BCUT2D eigenvalue weighted by atomic mass is 16.6. The summed E-state index contributed by atoms with van der Waals surface area (Å²) in [5.74, 6) is 0. The van der Waals surface area contributed by atoms with Crippen molar-refractivity contribution in [1.29, 1.82) is 0 Å². The Bertz CT molecular complexity index is 374. The molecule has 1 heterocycles. The SMILES string of the molecule is CCCCCCCCCCCCCCC/C=C/O[C@@H]1[C@H]([C@H](O)CO)OC[C@@H]1O. The number of ether oxygens (including phenoxy) is 2. The second-order valence-electron chi connectivity index (χ2n) is 8.12. The number of rotatable bonds is 18. The Morgan fingerprint density at radius 2 is 1.46 bits per heavy atom. The van der Waals surface area contributed by atoms with E-state index in [0.29, 0.717) is 0 Å². The fourth-order valence-electron chi connectivity index (χ4n) is 3.71. The van der Waals surface area contributed by atoms with Crippen LogP contribution in [0.3, 0.4) is 0 Å². The summed E-state index contributed by atoms with van der Waals surface area (Å²) in [6.07, 6.45) is 18.9. The lowest BCUT2D eigenvalue weighted by molar-refractivity contribution is -0.0721. The van der Waals surface area contributed by atoms with Crippen molar-refractivity contribution in [3.05, 3.63) is 12.3 Å². The number of aliphatic hydroxyl groups excluding tert-OH is 3. The van der Waals surface area contributed by atoms with E-state index in [9.17, 15) is 10.2 Å². The molecule has 1 fully saturated rings. The summed E-state index contributed by atoms with van der Waals surface area (Å²) in [6.45, 7) is 1.99. The summed E-state index contributed by atoms with van der Waals surface area (Å²) in [7, 11) is 0. The average Bonchev–Trinajstić information content (AvgIpc) is 3.07. The van der Waals surface area contributed by atoms with Crippen molar-refractivity contribution in [3.8, 4) is 0 Å². The van der Waals surface area contributed by atoms with Gasteiger partial charge in [0.05, 0.1) is 19.5 Å². The Labute approximate surface area is 172 Å². The average molecular weight is 401 g/mol. The van der Waals surface area contributed by atoms with Gasteiger partial charge in [0.2, 0.25) is 0 Å². The Hall–Kier alpha value is -0.620. The van der Waals surface area contributed by atoms with Gasteiger partial charge in [-0.3, -0.25) is 0 Å². The molecule has 0 saturated carbocycles. The van der Waals surface area contributed by atoms with Crippen LogP contribution in [0.4, 0.5) is 0 Å². The summed E-state index contributed by atoms with van der Waals surface area (Å²) in [6, 6.07) is 0. The topological polar surface area (TPSA) is 79.2 Å². The van der Waals surface area contributed by atoms with E-state index in [2.05, 4.69) is 6.92 Å². The molecule has 0 radical (unpaired) electrons. The van der Waals surface area contributed by atoms with Crippen LogP contribution in [0.15, 0.2) is 12.3 Å². The van der Waals surface area contributed by atoms with Gasteiger partial charge in [-0.15, -0.1) is 0 Å². The zero-order chi connectivity index (χ0) is 20.5. The summed E-state index contributed by atoms with van der Waals surface area (Å²) < 4.78 is 10.8. The highest BCUT2D eigenvalue weighted by Crippen LogP contribution is 2.21. The molecule has 0 bridgehead atoms. The predicted octanol–water partition coefficient (Wildman–Crippen LogP) is 4.48. The Morgan fingerprint density at radius 1 is 0.929 bits per heavy atom. The minimum absolute atomic E-state index is 0.124. The van der Waals surface area contributed by atoms with Crippen molar-refractivity contribution in [2.45, 2.75) is 121 Å². The first-order chi connectivity index (χ1) is 13.7. The minimum Gasteiger partial charge on any atom is -0.493 e. The summed E-state index contributed by atoms with van der Waals surface area (Å²) in [5, 5.41) is 28.6. The van der Waals surface area contributed by atoms with E-state index in [0.717, 1.165) is 12.8 Å². The maximum absolute atomic E-state index is 9.85.